The van der Waals surface area contributed by atoms with E-state index in [0.717, 1.165) is 12.3 Å². The van der Waals surface area contributed by atoms with E-state index in [1.165, 1.54) is 31.4 Å². The maximum absolute atomic E-state index is 6.21. The Morgan fingerprint density at radius 2 is 2.11 bits per heavy atom. The van der Waals surface area contributed by atoms with Crippen molar-refractivity contribution in [3.8, 4) is 5.75 Å². The van der Waals surface area contributed by atoms with Gasteiger partial charge >= 0.3 is 0 Å². The minimum absolute atomic E-state index is 0.367. The third-order valence-corrected chi connectivity index (χ3v) is 3.97. The minimum atomic E-state index is 0.367. The van der Waals surface area contributed by atoms with Gasteiger partial charge in [-0.1, -0.05) is 18.9 Å². The summed E-state index contributed by atoms with van der Waals surface area (Å²) < 4.78 is 5.26. The fraction of sp³-hybridized carbons (Fsp3) is 0.600. The topological polar surface area (TPSA) is 38.5 Å². The molecule has 0 spiro atoms. The molecule has 100 valence electrons. The predicted molar refractivity (Wildman–Crippen MR) is 76.2 cm³/mol. The number of ether oxygens (including phenoxy) is 1. The van der Waals surface area contributed by atoms with Gasteiger partial charge in [0.05, 0.1) is 7.11 Å². The van der Waals surface area contributed by atoms with E-state index < -0.39 is 0 Å². The molecule has 2 rings (SSSR count). The van der Waals surface area contributed by atoms with Crippen molar-refractivity contribution in [2.24, 2.45) is 11.7 Å². The summed E-state index contributed by atoms with van der Waals surface area (Å²) in [4.78, 5) is 2.29. The molecule has 18 heavy (non-hydrogen) atoms. The third-order valence-electron chi connectivity index (χ3n) is 3.97. The van der Waals surface area contributed by atoms with E-state index in [1.807, 2.05) is 12.1 Å². The number of rotatable bonds is 4. The van der Waals surface area contributed by atoms with Crippen molar-refractivity contribution < 1.29 is 4.74 Å². The molecular formula is C15H24N2O. The lowest BCUT2D eigenvalue weighted by atomic mass is 9.85. The summed E-state index contributed by atoms with van der Waals surface area (Å²) in [5, 5.41) is 0. The van der Waals surface area contributed by atoms with Crippen molar-refractivity contribution in [2.45, 2.75) is 31.7 Å². The second-order valence-corrected chi connectivity index (χ2v) is 5.29. The van der Waals surface area contributed by atoms with E-state index in [2.05, 4.69) is 24.1 Å². The number of methoxy groups -OCH3 is 1. The first-order valence-electron chi connectivity index (χ1n) is 6.81. The second-order valence-electron chi connectivity index (χ2n) is 5.29. The number of nitrogens with zero attached hydrogens (tertiary/aromatic N) is 1. The van der Waals surface area contributed by atoms with Crippen LogP contribution in [0.15, 0.2) is 24.3 Å². The molecule has 0 radical (unpaired) electrons. The highest BCUT2D eigenvalue weighted by molar-refractivity contribution is 5.50. The van der Waals surface area contributed by atoms with Crippen LogP contribution in [0.3, 0.4) is 0 Å². The number of benzene rings is 1. The molecular weight excluding hydrogens is 224 g/mol. The molecule has 2 unspecified atom stereocenters. The molecule has 1 saturated carbocycles. The van der Waals surface area contributed by atoms with Gasteiger partial charge in [-0.05, 0) is 30.9 Å². The fourth-order valence-corrected chi connectivity index (χ4v) is 2.77. The van der Waals surface area contributed by atoms with Crippen LogP contribution in [0, 0.1) is 5.92 Å². The molecule has 1 aliphatic rings. The molecule has 1 aromatic rings. The fourth-order valence-electron chi connectivity index (χ4n) is 2.77. The summed E-state index contributed by atoms with van der Waals surface area (Å²) in [6.07, 6.45) is 5.05. The Morgan fingerprint density at radius 3 is 2.83 bits per heavy atom. The predicted octanol–water partition coefficient (Wildman–Crippen LogP) is 2.65. The highest BCUT2D eigenvalue weighted by atomic mass is 16.5. The molecule has 0 heterocycles. The van der Waals surface area contributed by atoms with E-state index in [-0.39, 0.29) is 0 Å². The smallest absolute Gasteiger partial charge is 0.120 e. The van der Waals surface area contributed by atoms with Crippen molar-refractivity contribution in [2.75, 3.05) is 25.6 Å². The highest BCUT2D eigenvalue weighted by Crippen LogP contribution is 2.26. The van der Waals surface area contributed by atoms with Crippen molar-refractivity contribution in [3.05, 3.63) is 24.3 Å². The molecule has 3 heteroatoms. The van der Waals surface area contributed by atoms with Gasteiger partial charge in [-0.3, -0.25) is 0 Å². The Hall–Kier alpha value is -1.22. The van der Waals surface area contributed by atoms with Crippen LogP contribution < -0.4 is 15.4 Å². The second kappa shape index (κ2) is 6.10. The summed E-state index contributed by atoms with van der Waals surface area (Å²) in [5.74, 6) is 1.53. The molecule has 0 saturated heterocycles. The highest BCUT2D eigenvalue weighted by Gasteiger charge is 2.23. The van der Waals surface area contributed by atoms with Crippen molar-refractivity contribution in [1.82, 2.24) is 0 Å². The largest absolute Gasteiger partial charge is 0.497 e. The maximum atomic E-state index is 6.21. The normalized spacial score (nSPS) is 23.7. The Balaban J connectivity index is 1.99. The number of hydrogen-bond acceptors (Lipinski definition) is 3. The van der Waals surface area contributed by atoms with Gasteiger partial charge in [0.2, 0.25) is 0 Å². The summed E-state index contributed by atoms with van der Waals surface area (Å²) in [7, 11) is 3.84. The summed E-state index contributed by atoms with van der Waals surface area (Å²) in [6, 6.07) is 8.58. The quantitative estimate of drug-likeness (QED) is 0.890. The van der Waals surface area contributed by atoms with E-state index >= 15 is 0 Å². The molecule has 0 amide bonds. The van der Waals surface area contributed by atoms with Gasteiger partial charge in [0, 0.05) is 31.4 Å². The zero-order chi connectivity index (χ0) is 13.0. The minimum Gasteiger partial charge on any atom is -0.497 e. The molecule has 2 atom stereocenters. The zero-order valence-corrected chi connectivity index (χ0v) is 11.4. The molecule has 1 aromatic carbocycles. The Kier molecular flexibility index (Phi) is 4.48. The Labute approximate surface area is 110 Å². The monoisotopic (exact) mass is 248 g/mol. The van der Waals surface area contributed by atoms with Crippen LogP contribution in [-0.4, -0.2) is 26.7 Å². The standard InChI is InChI=1S/C15H24N2O/c1-17(11-12-6-3-4-9-15(12)16)13-7-5-8-14(10-13)18-2/h5,7-8,10,12,15H,3-4,6,9,11,16H2,1-2H3. The van der Waals surface area contributed by atoms with Gasteiger partial charge in [0.25, 0.3) is 0 Å². The summed E-state index contributed by atoms with van der Waals surface area (Å²) in [6.45, 7) is 1.04. The van der Waals surface area contributed by atoms with Gasteiger partial charge in [-0.15, -0.1) is 0 Å². The Morgan fingerprint density at radius 1 is 1.33 bits per heavy atom. The SMILES string of the molecule is COc1cccc(N(C)CC2CCCCC2N)c1. The molecule has 0 aliphatic heterocycles. The summed E-state index contributed by atoms with van der Waals surface area (Å²) in [5.41, 5.74) is 7.41. The number of nitrogens with two attached hydrogens (primary N) is 1. The van der Waals surface area contributed by atoms with Crippen molar-refractivity contribution >= 4 is 5.69 Å². The maximum Gasteiger partial charge on any atom is 0.120 e. The van der Waals surface area contributed by atoms with Gasteiger partial charge in [0.1, 0.15) is 5.75 Å². The molecule has 0 bridgehead atoms. The first kappa shape index (κ1) is 13.2. The first-order chi connectivity index (χ1) is 8.70. The van der Waals surface area contributed by atoms with Crippen LogP contribution in [0.5, 0.6) is 5.75 Å². The van der Waals surface area contributed by atoms with Crippen molar-refractivity contribution in [3.63, 3.8) is 0 Å². The lowest BCUT2D eigenvalue weighted by molar-refractivity contribution is 0.312. The van der Waals surface area contributed by atoms with Crippen LogP contribution in [0.2, 0.25) is 0 Å². The average molecular weight is 248 g/mol. The van der Waals surface area contributed by atoms with Gasteiger partial charge < -0.3 is 15.4 Å². The summed E-state index contributed by atoms with van der Waals surface area (Å²) >= 11 is 0. The van der Waals surface area contributed by atoms with Gasteiger partial charge in [-0.2, -0.15) is 0 Å². The van der Waals surface area contributed by atoms with Gasteiger partial charge in [0.15, 0.2) is 0 Å². The Bertz CT molecular complexity index is 381. The first-order valence-corrected chi connectivity index (χ1v) is 6.81. The number of hydrogen-bond donors (Lipinski definition) is 1. The van der Waals surface area contributed by atoms with E-state index in [9.17, 15) is 0 Å². The van der Waals surface area contributed by atoms with Crippen LogP contribution in [-0.2, 0) is 0 Å². The third kappa shape index (κ3) is 3.16. The molecule has 3 nitrogen and oxygen atoms in total. The van der Waals surface area contributed by atoms with Crippen molar-refractivity contribution in [1.29, 1.82) is 0 Å². The van der Waals surface area contributed by atoms with E-state index in [0.29, 0.717) is 12.0 Å². The molecule has 1 fully saturated rings. The van der Waals surface area contributed by atoms with E-state index in [4.69, 9.17) is 10.5 Å². The molecule has 2 N–H and O–H groups in total. The van der Waals surface area contributed by atoms with E-state index in [1.54, 1.807) is 7.11 Å². The average Bonchev–Trinajstić information content (AvgIpc) is 2.41. The lowest BCUT2D eigenvalue weighted by Gasteiger charge is -2.33. The van der Waals surface area contributed by atoms with Crippen LogP contribution >= 0.6 is 0 Å². The molecule has 1 aliphatic carbocycles. The van der Waals surface area contributed by atoms with Crippen LogP contribution in [0.25, 0.3) is 0 Å². The van der Waals surface area contributed by atoms with Crippen LogP contribution in [0.1, 0.15) is 25.7 Å². The zero-order valence-electron chi connectivity index (χ0n) is 11.4. The van der Waals surface area contributed by atoms with Crippen LogP contribution in [0.4, 0.5) is 5.69 Å². The number of anilines is 1. The molecule has 0 aromatic heterocycles. The van der Waals surface area contributed by atoms with Gasteiger partial charge in [-0.25, -0.2) is 0 Å². The lowest BCUT2D eigenvalue weighted by Crippen LogP contribution is -2.40.